The van der Waals surface area contributed by atoms with Crippen LogP contribution in [-0.2, 0) is 4.74 Å². The van der Waals surface area contributed by atoms with E-state index in [2.05, 4.69) is 64.2 Å². The second-order valence-corrected chi connectivity index (χ2v) is 5.71. The third kappa shape index (κ3) is 5.85. The van der Waals surface area contributed by atoms with Crippen LogP contribution in [0.4, 0.5) is 0 Å². The van der Waals surface area contributed by atoms with Crippen molar-refractivity contribution in [3.8, 4) is 0 Å². The van der Waals surface area contributed by atoms with Gasteiger partial charge in [-0.15, -0.1) is 0 Å². The van der Waals surface area contributed by atoms with E-state index in [-0.39, 0.29) is 11.6 Å². The highest BCUT2D eigenvalue weighted by atomic mass is 16.5. The van der Waals surface area contributed by atoms with Crippen molar-refractivity contribution in [1.29, 1.82) is 0 Å². The van der Waals surface area contributed by atoms with Crippen molar-refractivity contribution in [3.63, 3.8) is 0 Å². The number of hydrogen-bond donors (Lipinski definition) is 1. The van der Waals surface area contributed by atoms with E-state index in [1.54, 1.807) is 0 Å². The van der Waals surface area contributed by atoms with Gasteiger partial charge in [0.05, 0.1) is 18.2 Å². The molecule has 0 spiro atoms. The maximum atomic E-state index is 5.88. The van der Waals surface area contributed by atoms with Crippen molar-refractivity contribution in [2.75, 3.05) is 6.61 Å². The fourth-order valence-electron chi connectivity index (χ4n) is 1.66. The standard InChI is InChI=1S/C15H25NO/c1-12(2)16-14(11-17-15(3,4)5)13-9-7-6-8-10-13/h6-10,12,14,16H,11H2,1-5H3/t14-/m0/s1. The van der Waals surface area contributed by atoms with Crippen LogP contribution in [0.25, 0.3) is 0 Å². The molecule has 17 heavy (non-hydrogen) atoms. The van der Waals surface area contributed by atoms with Crippen LogP contribution in [0.2, 0.25) is 0 Å². The van der Waals surface area contributed by atoms with Crippen LogP contribution in [-0.4, -0.2) is 18.2 Å². The Hall–Kier alpha value is -0.860. The predicted molar refractivity (Wildman–Crippen MR) is 73.2 cm³/mol. The summed E-state index contributed by atoms with van der Waals surface area (Å²) in [5, 5.41) is 3.54. The van der Waals surface area contributed by atoms with Crippen LogP contribution in [0.15, 0.2) is 30.3 Å². The molecule has 2 nitrogen and oxygen atoms in total. The van der Waals surface area contributed by atoms with E-state index >= 15 is 0 Å². The average Bonchev–Trinajstić information content (AvgIpc) is 2.24. The fraction of sp³-hybridized carbons (Fsp3) is 0.600. The smallest absolute Gasteiger partial charge is 0.0668 e. The number of rotatable bonds is 5. The maximum absolute atomic E-state index is 5.88. The van der Waals surface area contributed by atoms with Crippen molar-refractivity contribution in [1.82, 2.24) is 5.32 Å². The van der Waals surface area contributed by atoms with E-state index in [0.717, 1.165) is 0 Å². The third-order valence-electron chi connectivity index (χ3n) is 2.42. The molecule has 96 valence electrons. The lowest BCUT2D eigenvalue weighted by Crippen LogP contribution is -2.34. The fourth-order valence-corrected chi connectivity index (χ4v) is 1.66. The second kappa shape index (κ2) is 6.18. The molecule has 0 radical (unpaired) electrons. The predicted octanol–water partition coefficient (Wildman–Crippen LogP) is 3.54. The van der Waals surface area contributed by atoms with Gasteiger partial charge in [0.15, 0.2) is 0 Å². The van der Waals surface area contributed by atoms with Gasteiger partial charge >= 0.3 is 0 Å². The Morgan fingerprint density at radius 3 is 2.18 bits per heavy atom. The van der Waals surface area contributed by atoms with Gasteiger partial charge in [0.25, 0.3) is 0 Å². The van der Waals surface area contributed by atoms with Crippen molar-refractivity contribution in [2.24, 2.45) is 0 Å². The molecule has 0 unspecified atom stereocenters. The molecule has 0 amide bonds. The van der Waals surface area contributed by atoms with E-state index in [0.29, 0.717) is 12.6 Å². The maximum Gasteiger partial charge on any atom is 0.0668 e. The van der Waals surface area contributed by atoms with Gasteiger partial charge in [-0.2, -0.15) is 0 Å². The van der Waals surface area contributed by atoms with Crippen LogP contribution < -0.4 is 5.32 Å². The first-order chi connectivity index (χ1) is 7.88. The van der Waals surface area contributed by atoms with Gasteiger partial charge in [0, 0.05) is 6.04 Å². The van der Waals surface area contributed by atoms with Crippen LogP contribution in [0.5, 0.6) is 0 Å². The molecule has 0 aliphatic carbocycles. The molecule has 1 N–H and O–H groups in total. The average molecular weight is 235 g/mol. The Bertz CT molecular complexity index is 313. The molecule has 0 heterocycles. The van der Waals surface area contributed by atoms with E-state index in [9.17, 15) is 0 Å². The summed E-state index contributed by atoms with van der Waals surface area (Å²) in [6.07, 6.45) is 0. The zero-order valence-corrected chi connectivity index (χ0v) is 11.7. The Balaban J connectivity index is 2.68. The Morgan fingerprint density at radius 1 is 1.12 bits per heavy atom. The third-order valence-corrected chi connectivity index (χ3v) is 2.42. The molecule has 1 aromatic carbocycles. The van der Waals surface area contributed by atoms with Crippen LogP contribution in [0.1, 0.15) is 46.2 Å². The van der Waals surface area contributed by atoms with E-state index in [1.807, 2.05) is 6.07 Å². The Morgan fingerprint density at radius 2 is 1.71 bits per heavy atom. The van der Waals surface area contributed by atoms with Gasteiger partial charge in [0.2, 0.25) is 0 Å². The summed E-state index contributed by atoms with van der Waals surface area (Å²) in [7, 11) is 0. The van der Waals surface area contributed by atoms with Gasteiger partial charge in [-0.1, -0.05) is 44.2 Å². The molecule has 0 saturated heterocycles. The lowest BCUT2D eigenvalue weighted by Gasteiger charge is -2.27. The SMILES string of the molecule is CC(C)N[C@@H](COC(C)(C)C)c1ccccc1. The van der Waals surface area contributed by atoms with Gasteiger partial charge in [-0.25, -0.2) is 0 Å². The van der Waals surface area contributed by atoms with Crippen molar-refractivity contribution < 1.29 is 4.74 Å². The molecule has 0 aromatic heterocycles. The highest BCUT2D eigenvalue weighted by Crippen LogP contribution is 2.17. The summed E-state index contributed by atoms with van der Waals surface area (Å²) in [6.45, 7) is 11.3. The number of nitrogens with one attached hydrogen (secondary N) is 1. The number of benzene rings is 1. The zero-order valence-electron chi connectivity index (χ0n) is 11.7. The second-order valence-electron chi connectivity index (χ2n) is 5.71. The quantitative estimate of drug-likeness (QED) is 0.843. The topological polar surface area (TPSA) is 21.3 Å². The van der Waals surface area contributed by atoms with Crippen LogP contribution in [0, 0.1) is 0 Å². The van der Waals surface area contributed by atoms with E-state index < -0.39 is 0 Å². The van der Waals surface area contributed by atoms with Crippen molar-refractivity contribution in [2.45, 2.75) is 52.3 Å². The molecular formula is C15H25NO. The van der Waals surface area contributed by atoms with Crippen molar-refractivity contribution >= 4 is 0 Å². The number of ether oxygens (including phenoxy) is 1. The normalized spacial score (nSPS) is 14.0. The zero-order chi connectivity index (χ0) is 12.9. The molecular weight excluding hydrogens is 210 g/mol. The molecule has 0 aliphatic heterocycles. The Kier molecular flexibility index (Phi) is 5.16. The first kappa shape index (κ1) is 14.2. The summed E-state index contributed by atoms with van der Waals surface area (Å²) in [5.74, 6) is 0. The molecule has 0 aliphatic rings. The molecule has 2 heteroatoms. The first-order valence-corrected chi connectivity index (χ1v) is 6.33. The van der Waals surface area contributed by atoms with Gasteiger partial charge in [0.1, 0.15) is 0 Å². The molecule has 1 rings (SSSR count). The minimum atomic E-state index is -0.0916. The summed E-state index contributed by atoms with van der Waals surface area (Å²) in [6, 6.07) is 11.2. The molecule has 0 fully saturated rings. The van der Waals surface area contributed by atoms with Gasteiger partial charge < -0.3 is 10.1 Å². The lowest BCUT2D eigenvalue weighted by molar-refractivity contribution is -0.0158. The molecule has 1 aromatic rings. The lowest BCUT2D eigenvalue weighted by atomic mass is 10.1. The number of hydrogen-bond acceptors (Lipinski definition) is 2. The van der Waals surface area contributed by atoms with Crippen LogP contribution >= 0.6 is 0 Å². The monoisotopic (exact) mass is 235 g/mol. The highest BCUT2D eigenvalue weighted by Gasteiger charge is 2.17. The highest BCUT2D eigenvalue weighted by molar-refractivity contribution is 5.19. The van der Waals surface area contributed by atoms with Gasteiger partial charge in [-0.3, -0.25) is 0 Å². The molecule has 0 saturated carbocycles. The molecule has 0 bridgehead atoms. The largest absolute Gasteiger partial charge is 0.374 e. The van der Waals surface area contributed by atoms with Crippen molar-refractivity contribution in [3.05, 3.63) is 35.9 Å². The summed E-state index contributed by atoms with van der Waals surface area (Å²) >= 11 is 0. The van der Waals surface area contributed by atoms with Crippen LogP contribution in [0.3, 0.4) is 0 Å². The minimum absolute atomic E-state index is 0.0916. The van der Waals surface area contributed by atoms with E-state index in [1.165, 1.54) is 5.56 Å². The van der Waals surface area contributed by atoms with Gasteiger partial charge in [-0.05, 0) is 26.3 Å². The summed E-state index contributed by atoms with van der Waals surface area (Å²) in [4.78, 5) is 0. The minimum Gasteiger partial charge on any atom is -0.374 e. The Labute approximate surface area is 105 Å². The summed E-state index contributed by atoms with van der Waals surface area (Å²) in [5.41, 5.74) is 1.19. The summed E-state index contributed by atoms with van der Waals surface area (Å²) < 4.78 is 5.88. The van der Waals surface area contributed by atoms with E-state index in [4.69, 9.17) is 4.74 Å². The molecule has 1 atom stereocenters. The first-order valence-electron chi connectivity index (χ1n) is 6.33.